The molecule has 0 aliphatic rings. The zero-order valence-electron chi connectivity index (χ0n) is 12.1. The van der Waals surface area contributed by atoms with E-state index in [1.54, 1.807) is 0 Å². The van der Waals surface area contributed by atoms with Gasteiger partial charge in [0.25, 0.3) is 0 Å². The van der Waals surface area contributed by atoms with Gasteiger partial charge in [-0.1, -0.05) is 25.4 Å². The van der Waals surface area contributed by atoms with E-state index in [-0.39, 0.29) is 0 Å². The van der Waals surface area contributed by atoms with Gasteiger partial charge in [-0.25, -0.2) is 9.97 Å². The predicted octanol–water partition coefficient (Wildman–Crippen LogP) is 4.86. The summed E-state index contributed by atoms with van der Waals surface area (Å²) in [5.41, 5.74) is 0.847. The number of aryl methyl sites for hydroxylation is 1. The van der Waals surface area contributed by atoms with Gasteiger partial charge in [0.2, 0.25) is 0 Å². The lowest BCUT2D eigenvalue weighted by Gasteiger charge is -2.11. The molecule has 0 unspecified atom stereocenters. The maximum absolute atomic E-state index is 6.25. The third-order valence-corrected chi connectivity index (χ3v) is 3.82. The van der Waals surface area contributed by atoms with Crippen LogP contribution in [0.2, 0.25) is 5.02 Å². The Morgan fingerprint density at radius 2 is 1.90 bits per heavy atom. The van der Waals surface area contributed by atoms with Crippen LogP contribution < -0.4 is 10.6 Å². The van der Waals surface area contributed by atoms with Crippen molar-refractivity contribution in [2.24, 2.45) is 0 Å². The fourth-order valence-corrected chi connectivity index (χ4v) is 2.69. The Labute approximate surface area is 143 Å². The average Bonchev–Trinajstić information content (AvgIpc) is 2.48. The van der Waals surface area contributed by atoms with Crippen LogP contribution in [0, 0.1) is 3.57 Å². The second-order valence-corrected chi connectivity index (χ2v) is 6.24. The highest BCUT2D eigenvalue weighted by Crippen LogP contribution is 2.27. The van der Waals surface area contributed by atoms with E-state index in [9.17, 15) is 0 Å². The fourth-order valence-electron chi connectivity index (χ4n) is 1.79. The first-order valence-corrected chi connectivity index (χ1v) is 8.42. The molecule has 0 aliphatic carbocycles. The topological polar surface area (TPSA) is 49.8 Å². The standard InChI is InChI=1S/C15H18ClIN4/c1-3-7-18-14-9-15(21-13(4-2)20-14)19-12-6-5-10(17)8-11(12)16/h5-6,8-9H,3-4,7H2,1-2H3,(H2,18,19,20,21). The van der Waals surface area contributed by atoms with Crippen LogP contribution in [0.15, 0.2) is 24.3 Å². The van der Waals surface area contributed by atoms with E-state index in [0.717, 1.165) is 46.1 Å². The molecule has 1 aromatic carbocycles. The molecule has 6 heteroatoms. The first kappa shape index (κ1) is 16.3. The Balaban J connectivity index is 2.25. The van der Waals surface area contributed by atoms with Crippen LogP contribution in [-0.2, 0) is 6.42 Å². The Morgan fingerprint density at radius 1 is 1.14 bits per heavy atom. The summed E-state index contributed by atoms with van der Waals surface area (Å²) < 4.78 is 1.10. The third kappa shape index (κ3) is 4.71. The zero-order valence-corrected chi connectivity index (χ0v) is 15.0. The van der Waals surface area contributed by atoms with Crippen LogP contribution in [0.5, 0.6) is 0 Å². The summed E-state index contributed by atoms with van der Waals surface area (Å²) in [6, 6.07) is 7.79. The molecule has 0 atom stereocenters. The molecule has 0 fully saturated rings. The predicted molar refractivity (Wildman–Crippen MR) is 97.6 cm³/mol. The normalized spacial score (nSPS) is 10.5. The number of hydrogen-bond acceptors (Lipinski definition) is 4. The largest absolute Gasteiger partial charge is 0.370 e. The molecule has 0 radical (unpaired) electrons. The van der Waals surface area contributed by atoms with Crippen LogP contribution in [-0.4, -0.2) is 16.5 Å². The Morgan fingerprint density at radius 3 is 2.57 bits per heavy atom. The van der Waals surface area contributed by atoms with Crippen molar-refractivity contribution < 1.29 is 0 Å². The maximum atomic E-state index is 6.25. The SMILES string of the molecule is CCCNc1cc(Nc2ccc(I)cc2Cl)nc(CC)n1. The van der Waals surface area contributed by atoms with Crippen molar-refractivity contribution in [3.63, 3.8) is 0 Å². The van der Waals surface area contributed by atoms with Crippen LogP contribution >= 0.6 is 34.2 Å². The second kappa shape index (κ2) is 7.79. The molecule has 0 saturated heterocycles. The lowest BCUT2D eigenvalue weighted by molar-refractivity contribution is 0.919. The number of aromatic nitrogens is 2. The lowest BCUT2D eigenvalue weighted by atomic mass is 10.3. The molecule has 0 saturated carbocycles. The first-order chi connectivity index (χ1) is 10.1. The minimum atomic E-state index is 0.682. The van der Waals surface area contributed by atoms with Gasteiger partial charge in [-0.2, -0.15) is 0 Å². The van der Waals surface area contributed by atoms with Crippen molar-refractivity contribution in [1.82, 2.24) is 9.97 Å². The molecule has 2 rings (SSSR count). The van der Waals surface area contributed by atoms with Crippen molar-refractivity contribution >= 4 is 51.5 Å². The number of rotatable bonds is 6. The summed E-state index contributed by atoms with van der Waals surface area (Å²) in [5.74, 6) is 2.40. The molecule has 1 aromatic heterocycles. The molecule has 0 amide bonds. The highest BCUT2D eigenvalue weighted by Gasteiger charge is 2.06. The maximum Gasteiger partial charge on any atom is 0.136 e. The van der Waals surface area contributed by atoms with E-state index in [4.69, 9.17) is 11.6 Å². The second-order valence-electron chi connectivity index (χ2n) is 4.58. The van der Waals surface area contributed by atoms with Crippen molar-refractivity contribution in [2.75, 3.05) is 17.2 Å². The van der Waals surface area contributed by atoms with Gasteiger partial charge >= 0.3 is 0 Å². The number of anilines is 3. The lowest BCUT2D eigenvalue weighted by Crippen LogP contribution is -2.07. The molecular formula is C15H18ClIN4. The van der Waals surface area contributed by atoms with Gasteiger partial charge in [-0.05, 0) is 47.2 Å². The number of benzene rings is 1. The van der Waals surface area contributed by atoms with Gasteiger partial charge < -0.3 is 10.6 Å². The molecule has 2 aromatic rings. The molecule has 1 heterocycles. The van der Waals surface area contributed by atoms with E-state index >= 15 is 0 Å². The van der Waals surface area contributed by atoms with Gasteiger partial charge in [0, 0.05) is 22.6 Å². The molecule has 2 N–H and O–H groups in total. The number of halogens is 2. The molecule has 21 heavy (non-hydrogen) atoms. The highest BCUT2D eigenvalue weighted by molar-refractivity contribution is 14.1. The Hall–Kier alpha value is -1.08. The average molecular weight is 417 g/mol. The van der Waals surface area contributed by atoms with Crippen molar-refractivity contribution in [2.45, 2.75) is 26.7 Å². The summed E-state index contributed by atoms with van der Waals surface area (Å²) in [6.07, 6.45) is 1.84. The van der Waals surface area contributed by atoms with Gasteiger partial charge in [0.15, 0.2) is 0 Å². The summed E-state index contributed by atoms with van der Waals surface area (Å²) in [7, 11) is 0. The molecule has 0 aliphatic heterocycles. The number of nitrogens with zero attached hydrogens (tertiary/aromatic N) is 2. The molecule has 0 spiro atoms. The van der Waals surface area contributed by atoms with Gasteiger partial charge in [-0.15, -0.1) is 0 Å². The monoisotopic (exact) mass is 416 g/mol. The molecular weight excluding hydrogens is 399 g/mol. The fraction of sp³-hybridized carbons (Fsp3) is 0.333. The van der Waals surface area contributed by atoms with Crippen LogP contribution in [0.25, 0.3) is 0 Å². The van der Waals surface area contributed by atoms with Crippen LogP contribution in [0.3, 0.4) is 0 Å². The summed E-state index contributed by atoms with van der Waals surface area (Å²) >= 11 is 8.49. The summed E-state index contributed by atoms with van der Waals surface area (Å²) in [5, 5.41) is 7.24. The smallest absolute Gasteiger partial charge is 0.136 e. The van der Waals surface area contributed by atoms with Gasteiger partial charge in [0.05, 0.1) is 10.7 Å². The molecule has 0 bridgehead atoms. The van der Waals surface area contributed by atoms with Crippen LogP contribution in [0.1, 0.15) is 26.1 Å². The number of hydrogen-bond donors (Lipinski definition) is 2. The highest BCUT2D eigenvalue weighted by atomic mass is 127. The van der Waals surface area contributed by atoms with E-state index in [0.29, 0.717) is 5.02 Å². The Kier molecular flexibility index (Phi) is 6.05. The zero-order chi connectivity index (χ0) is 15.2. The first-order valence-electron chi connectivity index (χ1n) is 6.96. The minimum absolute atomic E-state index is 0.682. The van der Waals surface area contributed by atoms with E-state index < -0.39 is 0 Å². The van der Waals surface area contributed by atoms with Crippen molar-refractivity contribution in [3.05, 3.63) is 38.7 Å². The van der Waals surface area contributed by atoms with Crippen molar-refractivity contribution in [3.8, 4) is 0 Å². The van der Waals surface area contributed by atoms with E-state index in [1.807, 2.05) is 31.2 Å². The van der Waals surface area contributed by atoms with Crippen molar-refractivity contribution in [1.29, 1.82) is 0 Å². The van der Waals surface area contributed by atoms with Gasteiger partial charge in [0.1, 0.15) is 17.5 Å². The summed E-state index contributed by atoms with van der Waals surface area (Å²) in [6.45, 7) is 5.06. The third-order valence-electron chi connectivity index (χ3n) is 2.84. The van der Waals surface area contributed by atoms with Gasteiger partial charge in [-0.3, -0.25) is 0 Å². The van der Waals surface area contributed by atoms with Crippen LogP contribution in [0.4, 0.5) is 17.3 Å². The summed E-state index contributed by atoms with van der Waals surface area (Å²) in [4.78, 5) is 8.97. The van der Waals surface area contributed by atoms with E-state index in [1.165, 1.54) is 0 Å². The Bertz CT molecular complexity index is 619. The quantitative estimate of drug-likeness (QED) is 0.660. The minimum Gasteiger partial charge on any atom is -0.370 e. The molecule has 4 nitrogen and oxygen atoms in total. The number of nitrogens with one attached hydrogen (secondary N) is 2. The molecule has 112 valence electrons. The van der Waals surface area contributed by atoms with E-state index in [2.05, 4.69) is 50.1 Å².